The van der Waals surface area contributed by atoms with Crippen LogP contribution >= 0.6 is 0 Å². The number of esters is 2. The largest absolute Gasteiger partial charge is 0.479 e. The Labute approximate surface area is 242 Å². The van der Waals surface area contributed by atoms with E-state index in [1.165, 1.54) is 0 Å². The standard InChI is InChI=1S/C34H30N2O6/c1-33(34(35,36)30(37)38,31(39)41-18-28-24-14-6-2-10-20(24)21-11-3-7-15-25(21)28)32(40)42-19-29-26-16-8-4-12-22(26)23-13-5-9-17-27(23)29/h2-17,28-29H,18-19,35-36H2,1H3,(H,37,38). The van der Waals surface area contributed by atoms with Gasteiger partial charge in [-0.25, -0.2) is 4.79 Å². The fraction of sp³-hybridized carbons (Fsp3) is 0.206. The van der Waals surface area contributed by atoms with E-state index in [1.54, 1.807) is 0 Å². The first-order valence-corrected chi connectivity index (χ1v) is 13.7. The van der Waals surface area contributed by atoms with E-state index >= 15 is 0 Å². The summed E-state index contributed by atoms with van der Waals surface area (Å²) in [5.41, 5.74) is 14.5. The number of ether oxygens (including phenoxy) is 2. The van der Waals surface area contributed by atoms with Crippen LogP contribution in [0.4, 0.5) is 0 Å². The van der Waals surface area contributed by atoms with Crippen molar-refractivity contribution in [2.24, 2.45) is 16.9 Å². The number of nitrogens with two attached hydrogens (primary N) is 2. The molecule has 0 atom stereocenters. The molecular weight excluding hydrogens is 532 g/mol. The number of carbonyl (C=O) groups excluding carboxylic acids is 2. The number of carboxylic acids is 1. The van der Waals surface area contributed by atoms with Gasteiger partial charge in [-0.05, 0) is 51.4 Å². The molecule has 8 heteroatoms. The molecule has 0 unspecified atom stereocenters. The zero-order valence-corrected chi connectivity index (χ0v) is 22.9. The summed E-state index contributed by atoms with van der Waals surface area (Å²) in [6.45, 7) is 0.780. The Morgan fingerprint density at radius 2 is 0.905 bits per heavy atom. The molecule has 0 amide bonds. The molecule has 212 valence electrons. The Morgan fingerprint density at radius 3 is 1.19 bits per heavy atom. The lowest BCUT2D eigenvalue weighted by Crippen LogP contribution is -2.72. The molecule has 0 aromatic heterocycles. The molecule has 6 rings (SSSR count). The highest BCUT2D eigenvalue weighted by atomic mass is 16.6. The zero-order valence-electron chi connectivity index (χ0n) is 22.9. The number of benzene rings is 4. The third-order valence-electron chi connectivity index (χ3n) is 8.69. The number of hydrogen-bond acceptors (Lipinski definition) is 7. The molecule has 2 aliphatic carbocycles. The van der Waals surface area contributed by atoms with E-state index in [-0.39, 0.29) is 25.0 Å². The predicted octanol–water partition coefficient (Wildman–Crippen LogP) is 4.40. The smallest absolute Gasteiger partial charge is 0.340 e. The number of rotatable bonds is 8. The van der Waals surface area contributed by atoms with Crippen LogP contribution < -0.4 is 11.5 Å². The molecule has 4 aromatic rings. The summed E-state index contributed by atoms with van der Waals surface area (Å²) < 4.78 is 11.4. The van der Waals surface area contributed by atoms with Crippen LogP contribution in [0, 0.1) is 5.41 Å². The van der Waals surface area contributed by atoms with Crippen molar-refractivity contribution in [3.8, 4) is 22.3 Å². The van der Waals surface area contributed by atoms with Crippen molar-refractivity contribution in [2.45, 2.75) is 24.4 Å². The summed E-state index contributed by atoms with van der Waals surface area (Å²) in [5.74, 6) is -4.72. The van der Waals surface area contributed by atoms with Crippen molar-refractivity contribution >= 4 is 17.9 Å². The van der Waals surface area contributed by atoms with Crippen molar-refractivity contribution < 1.29 is 29.0 Å². The zero-order chi connectivity index (χ0) is 29.6. The Kier molecular flexibility index (Phi) is 6.68. The molecule has 0 aliphatic heterocycles. The van der Waals surface area contributed by atoms with E-state index in [9.17, 15) is 19.5 Å². The molecule has 0 heterocycles. The van der Waals surface area contributed by atoms with E-state index in [1.807, 2.05) is 97.1 Å². The second kappa shape index (κ2) is 10.2. The second-order valence-corrected chi connectivity index (χ2v) is 11.0. The molecule has 0 bridgehead atoms. The molecule has 0 spiro atoms. The SMILES string of the molecule is CC(C(=O)OCC1c2ccccc2-c2ccccc21)(C(=O)OCC1c2ccccc2-c2ccccc21)C(N)(N)C(=O)O. The summed E-state index contributed by atoms with van der Waals surface area (Å²) in [4.78, 5) is 39.6. The first kappa shape index (κ1) is 27.4. The highest BCUT2D eigenvalue weighted by Crippen LogP contribution is 2.46. The lowest BCUT2D eigenvalue weighted by Gasteiger charge is -2.36. The van der Waals surface area contributed by atoms with Gasteiger partial charge in [0.05, 0.1) is 0 Å². The molecule has 2 aliphatic rings. The Morgan fingerprint density at radius 1 is 0.619 bits per heavy atom. The van der Waals surface area contributed by atoms with Crippen LogP contribution in [-0.2, 0) is 23.9 Å². The van der Waals surface area contributed by atoms with Crippen LogP contribution in [-0.4, -0.2) is 41.9 Å². The average molecular weight is 563 g/mol. The molecule has 0 saturated carbocycles. The Hall–Kier alpha value is -4.79. The van der Waals surface area contributed by atoms with Crippen molar-refractivity contribution in [3.05, 3.63) is 119 Å². The van der Waals surface area contributed by atoms with Crippen molar-refractivity contribution in [2.75, 3.05) is 13.2 Å². The van der Waals surface area contributed by atoms with E-state index in [0.29, 0.717) is 0 Å². The van der Waals surface area contributed by atoms with Crippen LogP contribution in [0.5, 0.6) is 0 Å². The Balaban J connectivity index is 1.26. The maximum atomic E-state index is 13.7. The molecule has 4 aromatic carbocycles. The summed E-state index contributed by atoms with van der Waals surface area (Å²) in [7, 11) is 0. The molecule has 42 heavy (non-hydrogen) atoms. The molecule has 0 radical (unpaired) electrons. The van der Waals surface area contributed by atoms with Gasteiger partial charge in [0.1, 0.15) is 13.2 Å². The van der Waals surface area contributed by atoms with Gasteiger partial charge < -0.3 is 26.0 Å². The third-order valence-corrected chi connectivity index (χ3v) is 8.69. The normalized spacial score (nSPS) is 14.0. The maximum absolute atomic E-state index is 13.7. The maximum Gasteiger partial charge on any atom is 0.340 e. The van der Waals surface area contributed by atoms with Crippen molar-refractivity contribution in [1.82, 2.24) is 0 Å². The molecule has 0 saturated heterocycles. The lowest BCUT2D eigenvalue weighted by atomic mass is 9.77. The highest BCUT2D eigenvalue weighted by molar-refractivity contribution is 6.06. The number of carbonyl (C=O) groups is 3. The first-order chi connectivity index (χ1) is 20.2. The summed E-state index contributed by atoms with van der Waals surface area (Å²) in [6.07, 6.45) is 0. The molecule has 0 fully saturated rings. The topological polar surface area (TPSA) is 142 Å². The first-order valence-electron chi connectivity index (χ1n) is 13.7. The van der Waals surface area contributed by atoms with E-state index in [0.717, 1.165) is 51.4 Å². The Bertz CT molecular complexity index is 1530. The van der Waals surface area contributed by atoms with E-state index in [2.05, 4.69) is 0 Å². The van der Waals surface area contributed by atoms with E-state index in [4.69, 9.17) is 20.9 Å². The molecule has 5 N–H and O–H groups in total. The highest BCUT2D eigenvalue weighted by Gasteiger charge is 2.62. The van der Waals surface area contributed by atoms with Gasteiger partial charge in [0.2, 0.25) is 5.41 Å². The summed E-state index contributed by atoms with van der Waals surface area (Å²) >= 11 is 0. The minimum atomic E-state index is -2.81. The summed E-state index contributed by atoms with van der Waals surface area (Å²) in [5, 5.41) is 9.89. The van der Waals surface area contributed by atoms with Gasteiger partial charge in [-0.1, -0.05) is 97.1 Å². The number of hydrogen-bond donors (Lipinski definition) is 3. The van der Waals surface area contributed by atoms with Crippen LogP contribution in [0.25, 0.3) is 22.3 Å². The van der Waals surface area contributed by atoms with Gasteiger partial charge >= 0.3 is 17.9 Å². The monoisotopic (exact) mass is 562 g/mol. The minimum Gasteiger partial charge on any atom is -0.479 e. The van der Waals surface area contributed by atoms with Crippen LogP contribution in [0.1, 0.15) is 41.0 Å². The number of carboxylic acid groups (broad SMARTS) is 1. The van der Waals surface area contributed by atoms with E-state index < -0.39 is 29.0 Å². The average Bonchev–Trinajstić information content (AvgIpc) is 3.50. The van der Waals surface area contributed by atoms with Gasteiger partial charge in [-0.3, -0.25) is 9.59 Å². The third kappa shape index (κ3) is 4.10. The van der Waals surface area contributed by atoms with Crippen LogP contribution in [0.2, 0.25) is 0 Å². The van der Waals surface area contributed by atoms with Gasteiger partial charge in [0.15, 0.2) is 5.66 Å². The number of aliphatic carboxylic acids is 1. The second-order valence-electron chi connectivity index (χ2n) is 11.0. The molecule has 8 nitrogen and oxygen atoms in total. The van der Waals surface area contributed by atoms with Gasteiger partial charge in [-0.15, -0.1) is 0 Å². The van der Waals surface area contributed by atoms with Crippen LogP contribution in [0.15, 0.2) is 97.1 Å². The van der Waals surface area contributed by atoms with Gasteiger partial charge in [-0.2, -0.15) is 0 Å². The quantitative estimate of drug-likeness (QED) is 0.163. The molecular formula is C34H30N2O6. The minimum absolute atomic E-state index is 0.144. The number of fused-ring (bicyclic) bond motifs is 6. The van der Waals surface area contributed by atoms with Gasteiger partial charge in [0.25, 0.3) is 0 Å². The fourth-order valence-electron chi connectivity index (χ4n) is 6.12. The predicted molar refractivity (Wildman–Crippen MR) is 156 cm³/mol. The lowest BCUT2D eigenvalue weighted by molar-refractivity contribution is -0.183. The van der Waals surface area contributed by atoms with Gasteiger partial charge in [0, 0.05) is 11.8 Å². The van der Waals surface area contributed by atoms with Crippen LogP contribution in [0.3, 0.4) is 0 Å². The summed E-state index contributed by atoms with van der Waals surface area (Å²) in [6, 6.07) is 31.1. The fourth-order valence-corrected chi connectivity index (χ4v) is 6.12. The van der Waals surface area contributed by atoms with Crippen molar-refractivity contribution in [3.63, 3.8) is 0 Å². The van der Waals surface area contributed by atoms with Crippen molar-refractivity contribution in [1.29, 1.82) is 0 Å².